The molecule has 43 heavy (non-hydrogen) atoms. The van der Waals surface area contributed by atoms with Gasteiger partial charge in [0.2, 0.25) is 11.8 Å². The van der Waals surface area contributed by atoms with Crippen LogP contribution in [0.1, 0.15) is 33.1 Å². The number of hydrogen-bond acceptors (Lipinski definition) is 4. The molecule has 2 heterocycles. The molecule has 1 aromatic heterocycles. The highest BCUT2D eigenvalue weighted by molar-refractivity contribution is 8.00. The number of carbonyl (C=O) groups is 2. The molecule has 0 aliphatic carbocycles. The number of aromatic nitrogens is 2. The van der Waals surface area contributed by atoms with Crippen LogP contribution in [0, 0.1) is 19.7 Å². The quantitative estimate of drug-likeness (QED) is 0.227. The Kier molecular flexibility index (Phi) is 8.11. The predicted molar refractivity (Wildman–Crippen MR) is 170 cm³/mol. The molecule has 0 saturated carbocycles. The van der Waals surface area contributed by atoms with Gasteiger partial charge in [-0.05, 0) is 49.2 Å². The summed E-state index contributed by atoms with van der Waals surface area (Å²) in [6.45, 7) is 4.12. The van der Waals surface area contributed by atoms with E-state index in [4.69, 9.17) is 5.10 Å². The molecule has 5 aromatic rings. The number of aryl methyl sites for hydroxylation is 2. The lowest BCUT2D eigenvalue weighted by molar-refractivity contribution is -0.123. The Morgan fingerprint density at radius 3 is 2.40 bits per heavy atom. The number of nitrogens with one attached hydrogen (secondary N) is 1. The molecule has 1 atom stereocenters. The number of halogens is 1. The van der Waals surface area contributed by atoms with Crippen LogP contribution in [0.5, 0.6) is 0 Å². The van der Waals surface area contributed by atoms with E-state index in [0.717, 1.165) is 44.8 Å². The minimum Gasteiger partial charge on any atom is -0.350 e. The lowest BCUT2D eigenvalue weighted by Gasteiger charge is -2.23. The average Bonchev–Trinajstić information content (AvgIpc) is 3.34. The standard InChI is InChI=1S/C35H31FN4O2S/c1-23-11-17-29(18-12-23)40-35-32(33(38-40)26-8-4-3-5-9-26)34(27-10-6-7-24(2)19-27)43-22-31(42)39(35)21-30(41)37-20-25-13-15-28(36)16-14-25/h3-19,34H,20-22H2,1-2H3,(H,37,41)/t34-/m1/s1. The molecule has 216 valence electrons. The highest BCUT2D eigenvalue weighted by atomic mass is 32.2. The van der Waals surface area contributed by atoms with E-state index in [1.54, 1.807) is 33.5 Å². The van der Waals surface area contributed by atoms with Crippen molar-refractivity contribution in [3.63, 3.8) is 0 Å². The van der Waals surface area contributed by atoms with E-state index in [9.17, 15) is 14.0 Å². The number of carbonyl (C=O) groups excluding carboxylic acids is 2. The van der Waals surface area contributed by atoms with Crippen molar-refractivity contribution in [2.45, 2.75) is 25.6 Å². The zero-order valence-corrected chi connectivity index (χ0v) is 24.8. The van der Waals surface area contributed by atoms with Crippen molar-refractivity contribution in [2.75, 3.05) is 17.2 Å². The minimum atomic E-state index is -0.336. The number of nitrogens with zero attached hydrogens (tertiary/aromatic N) is 3. The number of amides is 2. The second-order valence-electron chi connectivity index (χ2n) is 10.7. The fourth-order valence-corrected chi connectivity index (χ4v) is 6.48. The van der Waals surface area contributed by atoms with Crippen LogP contribution < -0.4 is 10.2 Å². The highest BCUT2D eigenvalue weighted by Gasteiger charge is 2.37. The Labute approximate surface area is 254 Å². The Hall–Kier alpha value is -4.69. The molecular weight excluding hydrogens is 559 g/mol. The van der Waals surface area contributed by atoms with Crippen LogP contribution in [0.4, 0.5) is 10.2 Å². The Morgan fingerprint density at radius 2 is 1.67 bits per heavy atom. The average molecular weight is 591 g/mol. The van der Waals surface area contributed by atoms with E-state index in [2.05, 4.69) is 30.4 Å². The van der Waals surface area contributed by atoms with Crippen molar-refractivity contribution in [1.82, 2.24) is 15.1 Å². The maximum Gasteiger partial charge on any atom is 0.240 e. The first kappa shape index (κ1) is 28.4. The van der Waals surface area contributed by atoms with Gasteiger partial charge in [-0.25, -0.2) is 9.07 Å². The second-order valence-corrected chi connectivity index (χ2v) is 11.8. The molecule has 2 amide bonds. The van der Waals surface area contributed by atoms with E-state index < -0.39 is 0 Å². The maximum atomic E-state index is 13.9. The molecule has 0 bridgehead atoms. The molecule has 0 fully saturated rings. The molecule has 0 saturated heterocycles. The monoisotopic (exact) mass is 590 g/mol. The Balaban J connectivity index is 1.49. The van der Waals surface area contributed by atoms with Crippen molar-refractivity contribution >= 4 is 29.4 Å². The van der Waals surface area contributed by atoms with Gasteiger partial charge in [-0.3, -0.25) is 14.5 Å². The fourth-order valence-electron chi connectivity index (χ4n) is 5.29. The summed E-state index contributed by atoms with van der Waals surface area (Å²) in [5, 5.41) is 7.85. The Morgan fingerprint density at radius 1 is 0.930 bits per heavy atom. The van der Waals surface area contributed by atoms with Gasteiger partial charge in [0.05, 0.1) is 22.4 Å². The zero-order chi connectivity index (χ0) is 29.9. The van der Waals surface area contributed by atoms with E-state index in [0.29, 0.717) is 5.82 Å². The van der Waals surface area contributed by atoms with Gasteiger partial charge in [-0.15, -0.1) is 11.8 Å². The van der Waals surface area contributed by atoms with Gasteiger partial charge in [0, 0.05) is 17.7 Å². The minimum absolute atomic E-state index is 0.175. The molecule has 0 spiro atoms. The van der Waals surface area contributed by atoms with Crippen molar-refractivity contribution in [2.24, 2.45) is 0 Å². The molecule has 8 heteroatoms. The van der Waals surface area contributed by atoms with Crippen molar-refractivity contribution in [1.29, 1.82) is 0 Å². The molecule has 1 aliphatic heterocycles. The third-order valence-corrected chi connectivity index (χ3v) is 8.72. The van der Waals surface area contributed by atoms with E-state index in [1.807, 2.05) is 67.6 Å². The van der Waals surface area contributed by atoms with Crippen LogP contribution in [0.2, 0.25) is 0 Å². The van der Waals surface area contributed by atoms with Crippen molar-refractivity contribution in [3.05, 3.63) is 137 Å². The van der Waals surface area contributed by atoms with Crippen LogP contribution >= 0.6 is 11.8 Å². The predicted octanol–water partition coefficient (Wildman–Crippen LogP) is 6.78. The third kappa shape index (κ3) is 6.10. The van der Waals surface area contributed by atoms with Crippen molar-refractivity contribution < 1.29 is 14.0 Å². The van der Waals surface area contributed by atoms with E-state index >= 15 is 0 Å². The summed E-state index contributed by atoms with van der Waals surface area (Å²) < 4.78 is 15.2. The van der Waals surface area contributed by atoms with Gasteiger partial charge in [-0.2, -0.15) is 5.10 Å². The molecule has 0 unspecified atom stereocenters. The molecular formula is C35H31FN4O2S. The van der Waals surface area contributed by atoms with Crippen LogP contribution in [0.15, 0.2) is 103 Å². The molecule has 6 nitrogen and oxygen atoms in total. The first-order chi connectivity index (χ1) is 20.9. The molecule has 6 rings (SSSR count). The summed E-state index contributed by atoms with van der Waals surface area (Å²) in [5.41, 5.74) is 7.44. The lowest BCUT2D eigenvalue weighted by atomic mass is 9.98. The number of fused-ring (bicyclic) bond motifs is 1. The Bertz CT molecular complexity index is 1770. The summed E-state index contributed by atoms with van der Waals surface area (Å²) in [6, 6.07) is 32.2. The molecule has 1 aliphatic rings. The van der Waals surface area contributed by atoms with E-state index in [-0.39, 0.29) is 41.7 Å². The topological polar surface area (TPSA) is 67.2 Å². The first-order valence-corrected chi connectivity index (χ1v) is 15.2. The van der Waals surface area contributed by atoms with Gasteiger partial charge in [-0.1, -0.05) is 90.0 Å². The lowest BCUT2D eigenvalue weighted by Crippen LogP contribution is -2.42. The SMILES string of the molecule is Cc1ccc(-n2nc(-c3ccccc3)c3c2N(CC(=O)NCc2ccc(F)cc2)C(=O)CS[C@@H]3c2cccc(C)c2)cc1. The molecule has 1 N–H and O–H groups in total. The van der Waals surface area contributed by atoms with Crippen molar-refractivity contribution in [3.8, 4) is 16.9 Å². The molecule has 4 aromatic carbocycles. The summed E-state index contributed by atoms with van der Waals surface area (Å²) in [4.78, 5) is 28.8. The van der Waals surface area contributed by atoms with Gasteiger partial charge in [0.25, 0.3) is 0 Å². The number of hydrogen-bond donors (Lipinski definition) is 1. The number of rotatable bonds is 7. The van der Waals surface area contributed by atoms with Gasteiger partial charge < -0.3 is 5.32 Å². The van der Waals surface area contributed by atoms with Gasteiger partial charge >= 0.3 is 0 Å². The van der Waals surface area contributed by atoms with Gasteiger partial charge in [0.1, 0.15) is 18.2 Å². The van der Waals surface area contributed by atoms with Crippen LogP contribution in [0.25, 0.3) is 16.9 Å². The van der Waals surface area contributed by atoms with Gasteiger partial charge in [0.15, 0.2) is 0 Å². The zero-order valence-electron chi connectivity index (χ0n) is 24.0. The molecule has 0 radical (unpaired) electrons. The van der Waals surface area contributed by atoms with Crippen LogP contribution in [-0.4, -0.2) is 33.9 Å². The fraction of sp³-hybridized carbons (Fsp3) is 0.171. The largest absolute Gasteiger partial charge is 0.350 e. The highest BCUT2D eigenvalue weighted by Crippen LogP contribution is 2.48. The van der Waals surface area contributed by atoms with Crippen LogP contribution in [0.3, 0.4) is 0 Å². The van der Waals surface area contributed by atoms with Crippen LogP contribution in [-0.2, 0) is 16.1 Å². The smallest absolute Gasteiger partial charge is 0.240 e. The second kappa shape index (κ2) is 12.3. The maximum absolute atomic E-state index is 13.9. The summed E-state index contributed by atoms with van der Waals surface area (Å²) in [5.74, 6) is -0.0503. The third-order valence-electron chi connectivity index (χ3n) is 7.46. The first-order valence-electron chi connectivity index (χ1n) is 14.1. The number of benzene rings is 4. The number of anilines is 1. The van der Waals surface area contributed by atoms with E-state index in [1.165, 1.54) is 12.1 Å². The summed E-state index contributed by atoms with van der Waals surface area (Å²) in [6.07, 6.45) is 0. The normalized spacial score (nSPS) is 14.7. The summed E-state index contributed by atoms with van der Waals surface area (Å²) in [7, 11) is 0. The number of thioether (sulfide) groups is 1. The summed E-state index contributed by atoms with van der Waals surface area (Å²) >= 11 is 1.55.